The lowest BCUT2D eigenvalue weighted by Gasteiger charge is -2.23. The van der Waals surface area contributed by atoms with E-state index in [4.69, 9.17) is 16.3 Å². The number of fused-ring (bicyclic) bond motifs is 1. The Balaban J connectivity index is 1.74. The second kappa shape index (κ2) is 9.05. The van der Waals surface area contributed by atoms with Crippen molar-refractivity contribution in [2.24, 2.45) is 0 Å². The van der Waals surface area contributed by atoms with Crippen molar-refractivity contribution >= 4 is 55.7 Å². The number of ketones is 1. The number of ether oxygens (including phenoxy) is 1. The number of phenols is 1. The molecule has 0 radical (unpaired) electrons. The summed E-state index contributed by atoms with van der Waals surface area (Å²) in [7, 11) is 0. The number of benzene rings is 3. The molecule has 1 amide bonds. The van der Waals surface area contributed by atoms with Crippen molar-refractivity contribution in [2.45, 2.75) is 13.0 Å². The summed E-state index contributed by atoms with van der Waals surface area (Å²) in [5.74, 6) is -1.83. The minimum Gasteiger partial charge on any atom is -0.507 e. The van der Waals surface area contributed by atoms with Crippen LogP contribution in [0, 0.1) is 0 Å². The molecular weight excluding hydrogens is 488 g/mol. The molecule has 2 N–H and O–H groups in total. The zero-order valence-electron chi connectivity index (χ0n) is 18.4. The zero-order valence-corrected chi connectivity index (χ0v) is 20.0. The molecular formula is C26H19ClN2O5S. The third-order valence-electron chi connectivity index (χ3n) is 5.64. The highest BCUT2D eigenvalue weighted by Crippen LogP contribution is 2.45. The van der Waals surface area contributed by atoms with E-state index in [9.17, 15) is 19.8 Å². The molecule has 7 nitrogen and oxygen atoms in total. The standard InChI is InChI=1S/C26H19ClN2O5S/c1-2-34-19-12-15(8-11-18(19)30)22-21(23(31)14-6-4-3-5-7-14)24(32)25(33)29(22)26-28-17-10-9-16(27)13-20(17)35-26/h3-13,22,30-31H,2H2,1H3/b23-21+. The minimum atomic E-state index is -0.994. The summed E-state index contributed by atoms with van der Waals surface area (Å²) in [6, 6.07) is 17.3. The van der Waals surface area contributed by atoms with E-state index >= 15 is 0 Å². The van der Waals surface area contributed by atoms with Gasteiger partial charge < -0.3 is 14.9 Å². The van der Waals surface area contributed by atoms with E-state index in [1.54, 1.807) is 67.6 Å². The Labute approximate surface area is 209 Å². The highest BCUT2D eigenvalue weighted by Gasteiger charge is 2.48. The Bertz CT molecular complexity index is 1500. The van der Waals surface area contributed by atoms with Gasteiger partial charge in [-0.05, 0) is 42.8 Å². The number of aliphatic hydroxyl groups excluding tert-OH is 1. The van der Waals surface area contributed by atoms with Crippen molar-refractivity contribution in [3.05, 3.63) is 88.5 Å². The molecule has 4 aromatic rings. The van der Waals surface area contributed by atoms with Crippen LogP contribution in [0.15, 0.2) is 72.3 Å². The lowest BCUT2D eigenvalue weighted by molar-refractivity contribution is -0.132. The summed E-state index contributed by atoms with van der Waals surface area (Å²) in [4.78, 5) is 32.5. The number of Topliss-reactive ketones (excluding diaryl/α,β-unsaturated/α-hetero) is 1. The molecule has 0 saturated carbocycles. The van der Waals surface area contributed by atoms with Crippen LogP contribution in [0.2, 0.25) is 5.02 Å². The SMILES string of the molecule is CCOc1cc(C2/C(=C(\O)c3ccccc3)C(=O)C(=O)N2c2nc3ccc(Cl)cc3s2)ccc1O. The van der Waals surface area contributed by atoms with Gasteiger partial charge in [0.05, 0.1) is 28.4 Å². The first-order chi connectivity index (χ1) is 16.9. The number of carbonyl (C=O) groups is 2. The van der Waals surface area contributed by atoms with E-state index in [1.807, 2.05) is 0 Å². The van der Waals surface area contributed by atoms with Crippen molar-refractivity contribution in [1.82, 2.24) is 4.98 Å². The van der Waals surface area contributed by atoms with Gasteiger partial charge in [-0.15, -0.1) is 0 Å². The summed E-state index contributed by atoms with van der Waals surface area (Å²) in [6.45, 7) is 2.08. The Kier molecular flexibility index (Phi) is 5.92. The molecule has 3 aromatic carbocycles. The van der Waals surface area contributed by atoms with Gasteiger partial charge >= 0.3 is 5.91 Å². The number of anilines is 1. The van der Waals surface area contributed by atoms with Crippen molar-refractivity contribution in [1.29, 1.82) is 0 Å². The van der Waals surface area contributed by atoms with Gasteiger partial charge in [-0.2, -0.15) is 0 Å². The third-order valence-corrected chi connectivity index (χ3v) is 6.89. The van der Waals surface area contributed by atoms with Gasteiger partial charge in [-0.1, -0.05) is 59.3 Å². The van der Waals surface area contributed by atoms with Crippen molar-refractivity contribution in [2.75, 3.05) is 11.5 Å². The summed E-state index contributed by atoms with van der Waals surface area (Å²) < 4.78 is 6.28. The Morgan fingerprint density at radius 3 is 2.63 bits per heavy atom. The van der Waals surface area contributed by atoms with Gasteiger partial charge in [0.1, 0.15) is 5.76 Å². The summed E-state index contributed by atoms with van der Waals surface area (Å²) >= 11 is 7.34. The number of hydrogen-bond donors (Lipinski definition) is 2. The number of carbonyl (C=O) groups excluding carboxylic acids is 2. The second-order valence-corrected chi connectivity index (χ2v) is 9.25. The number of aromatic hydroxyl groups is 1. The molecule has 0 aliphatic carbocycles. The number of aromatic nitrogens is 1. The lowest BCUT2D eigenvalue weighted by Crippen LogP contribution is -2.29. The fourth-order valence-corrected chi connectivity index (χ4v) is 5.33. The number of amides is 1. The highest BCUT2D eigenvalue weighted by atomic mass is 35.5. The average Bonchev–Trinajstić information content (AvgIpc) is 3.38. The smallest absolute Gasteiger partial charge is 0.301 e. The molecule has 176 valence electrons. The molecule has 1 unspecified atom stereocenters. The van der Waals surface area contributed by atoms with Crippen LogP contribution in [0.25, 0.3) is 16.0 Å². The number of nitrogens with zero attached hydrogens (tertiary/aromatic N) is 2. The van der Waals surface area contributed by atoms with E-state index in [2.05, 4.69) is 4.98 Å². The minimum absolute atomic E-state index is 0.0772. The Morgan fingerprint density at radius 2 is 1.89 bits per heavy atom. The quantitative estimate of drug-likeness (QED) is 0.205. The van der Waals surface area contributed by atoms with E-state index in [0.29, 0.717) is 28.3 Å². The van der Waals surface area contributed by atoms with Crippen LogP contribution < -0.4 is 9.64 Å². The monoisotopic (exact) mass is 506 g/mol. The topological polar surface area (TPSA) is 100.0 Å². The zero-order chi connectivity index (χ0) is 24.7. The number of halogens is 1. The summed E-state index contributed by atoms with van der Waals surface area (Å²) in [5.41, 5.74) is 1.42. The maximum atomic E-state index is 13.3. The average molecular weight is 507 g/mol. The van der Waals surface area contributed by atoms with Gasteiger partial charge in [-0.3, -0.25) is 14.5 Å². The fraction of sp³-hybridized carbons (Fsp3) is 0.115. The predicted molar refractivity (Wildman–Crippen MR) is 135 cm³/mol. The molecule has 35 heavy (non-hydrogen) atoms. The first-order valence-corrected chi connectivity index (χ1v) is 12.0. The lowest BCUT2D eigenvalue weighted by atomic mass is 9.95. The number of rotatable bonds is 5. The van der Waals surface area contributed by atoms with Gasteiger partial charge in [0.2, 0.25) is 0 Å². The van der Waals surface area contributed by atoms with E-state index < -0.39 is 17.7 Å². The number of thiazole rings is 1. The Hall–Kier alpha value is -3.88. The molecule has 1 aromatic heterocycles. The van der Waals surface area contributed by atoms with Crippen LogP contribution in [0.3, 0.4) is 0 Å². The van der Waals surface area contributed by atoms with Crippen LogP contribution >= 0.6 is 22.9 Å². The first kappa shape index (κ1) is 22.9. The van der Waals surface area contributed by atoms with Crippen molar-refractivity contribution in [3.8, 4) is 11.5 Å². The fourth-order valence-electron chi connectivity index (χ4n) is 4.06. The molecule has 1 saturated heterocycles. The number of aliphatic hydroxyl groups is 1. The number of hydrogen-bond acceptors (Lipinski definition) is 7. The molecule has 0 spiro atoms. The first-order valence-electron chi connectivity index (χ1n) is 10.8. The molecule has 1 atom stereocenters. The van der Waals surface area contributed by atoms with E-state index in [-0.39, 0.29) is 28.0 Å². The highest BCUT2D eigenvalue weighted by molar-refractivity contribution is 7.22. The van der Waals surface area contributed by atoms with Crippen LogP contribution in [-0.4, -0.2) is 33.5 Å². The van der Waals surface area contributed by atoms with Gasteiger partial charge in [0.15, 0.2) is 16.6 Å². The molecule has 1 aliphatic heterocycles. The normalized spacial score (nSPS) is 17.3. The van der Waals surface area contributed by atoms with Crippen LogP contribution in [0.1, 0.15) is 24.1 Å². The van der Waals surface area contributed by atoms with E-state index in [0.717, 1.165) is 4.70 Å². The predicted octanol–water partition coefficient (Wildman–Crippen LogP) is 5.68. The maximum absolute atomic E-state index is 13.3. The van der Waals surface area contributed by atoms with Gasteiger partial charge in [0.25, 0.3) is 5.78 Å². The molecule has 1 aliphatic rings. The van der Waals surface area contributed by atoms with Gasteiger partial charge in [-0.25, -0.2) is 4.98 Å². The maximum Gasteiger partial charge on any atom is 0.301 e. The van der Waals surface area contributed by atoms with Crippen molar-refractivity contribution < 1.29 is 24.5 Å². The molecule has 1 fully saturated rings. The molecule has 0 bridgehead atoms. The molecule has 5 rings (SSSR count). The number of phenolic OH excluding ortho intramolecular Hbond substituents is 1. The largest absolute Gasteiger partial charge is 0.507 e. The van der Waals surface area contributed by atoms with Crippen LogP contribution in [-0.2, 0) is 9.59 Å². The second-order valence-electron chi connectivity index (χ2n) is 7.80. The van der Waals surface area contributed by atoms with E-state index in [1.165, 1.54) is 22.3 Å². The third kappa shape index (κ3) is 4.00. The summed E-state index contributed by atoms with van der Waals surface area (Å²) in [5, 5.41) is 22.2. The molecule has 2 heterocycles. The van der Waals surface area contributed by atoms with Crippen LogP contribution in [0.4, 0.5) is 5.13 Å². The van der Waals surface area contributed by atoms with Crippen molar-refractivity contribution in [3.63, 3.8) is 0 Å². The van der Waals surface area contributed by atoms with Gasteiger partial charge in [0, 0.05) is 10.6 Å². The summed E-state index contributed by atoms with van der Waals surface area (Å²) in [6.07, 6.45) is 0. The van der Waals surface area contributed by atoms with Crippen LogP contribution in [0.5, 0.6) is 11.5 Å². The molecule has 9 heteroatoms. The Morgan fingerprint density at radius 1 is 1.11 bits per heavy atom.